The summed E-state index contributed by atoms with van der Waals surface area (Å²) >= 11 is 9.85. The molecular formula is C15H22BrClN2O. The Labute approximate surface area is 134 Å². The molecule has 1 aliphatic rings. The van der Waals surface area contributed by atoms with Crippen molar-refractivity contribution in [3.8, 4) is 0 Å². The van der Waals surface area contributed by atoms with Crippen molar-refractivity contribution >= 4 is 27.5 Å². The van der Waals surface area contributed by atoms with Gasteiger partial charge in [-0.15, -0.1) is 0 Å². The van der Waals surface area contributed by atoms with Gasteiger partial charge in [-0.05, 0) is 43.8 Å². The van der Waals surface area contributed by atoms with Crippen LogP contribution in [0, 0.1) is 0 Å². The molecule has 112 valence electrons. The zero-order valence-electron chi connectivity index (χ0n) is 12.0. The molecule has 1 fully saturated rings. The van der Waals surface area contributed by atoms with Crippen LogP contribution in [0.2, 0.25) is 5.02 Å². The molecule has 0 aliphatic carbocycles. The van der Waals surface area contributed by atoms with Crippen molar-refractivity contribution in [2.45, 2.75) is 25.5 Å². The van der Waals surface area contributed by atoms with Crippen molar-refractivity contribution in [1.29, 1.82) is 0 Å². The minimum atomic E-state index is 0.148. The highest BCUT2D eigenvalue weighted by Gasteiger charge is 2.33. The van der Waals surface area contributed by atoms with Crippen LogP contribution in [0.3, 0.4) is 0 Å². The Morgan fingerprint density at radius 3 is 3.00 bits per heavy atom. The number of rotatable bonds is 5. The summed E-state index contributed by atoms with van der Waals surface area (Å²) in [5, 5.41) is 4.01. The van der Waals surface area contributed by atoms with Crippen molar-refractivity contribution in [3.63, 3.8) is 0 Å². The highest BCUT2D eigenvalue weighted by molar-refractivity contribution is 9.10. The van der Waals surface area contributed by atoms with Gasteiger partial charge in [0.2, 0.25) is 0 Å². The minimum absolute atomic E-state index is 0.148. The molecule has 0 saturated carbocycles. The maximum Gasteiger partial charge on any atom is 0.0896 e. The Morgan fingerprint density at radius 2 is 2.30 bits per heavy atom. The van der Waals surface area contributed by atoms with Crippen LogP contribution in [0.1, 0.15) is 24.9 Å². The molecule has 0 amide bonds. The van der Waals surface area contributed by atoms with Gasteiger partial charge in [-0.1, -0.05) is 34.5 Å². The van der Waals surface area contributed by atoms with Gasteiger partial charge in [0, 0.05) is 22.6 Å². The lowest BCUT2D eigenvalue weighted by atomic mass is 9.97. The fourth-order valence-electron chi connectivity index (χ4n) is 2.83. The average Bonchev–Trinajstić information content (AvgIpc) is 2.43. The smallest absolute Gasteiger partial charge is 0.0896 e. The van der Waals surface area contributed by atoms with Crippen LogP contribution < -0.4 is 5.32 Å². The van der Waals surface area contributed by atoms with Crippen molar-refractivity contribution < 1.29 is 4.74 Å². The summed E-state index contributed by atoms with van der Waals surface area (Å²) in [6.45, 7) is 5.89. The Morgan fingerprint density at radius 1 is 1.50 bits per heavy atom. The molecule has 2 unspecified atom stereocenters. The van der Waals surface area contributed by atoms with E-state index in [1.54, 1.807) is 0 Å². The predicted octanol–water partition coefficient (Wildman–Crippen LogP) is 3.47. The molecular weight excluding hydrogens is 340 g/mol. The molecule has 2 rings (SSSR count). The normalized spacial score (nSPS) is 24.0. The Hall–Kier alpha value is -0.130. The van der Waals surface area contributed by atoms with Crippen molar-refractivity contribution in [2.75, 3.05) is 33.3 Å². The van der Waals surface area contributed by atoms with E-state index in [0.717, 1.165) is 42.2 Å². The molecule has 2 atom stereocenters. The lowest BCUT2D eigenvalue weighted by molar-refractivity contribution is -0.0706. The molecule has 0 aromatic heterocycles. The number of morpholine rings is 1. The summed E-state index contributed by atoms with van der Waals surface area (Å²) in [6, 6.07) is 6.23. The zero-order valence-corrected chi connectivity index (χ0v) is 14.4. The molecule has 3 nitrogen and oxygen atoms in total. The van der Waals surface area contributed by atoms with Crippen molar-refractivity contribution in [2.24, 2.45) is 0 Å². The summed E-state index contributed by atoms with van der Waals surface area (Å²) in [6.07, 6.45) is 1.29. The summed E-state index contributed by atoms with van der Waals surface area (Å²) in [5.41, 5.74) is 1.21. The van der Waals surface area contributed by atoms with Crippen LogP contribution in [0.15, 0.2) is 22.7 Å². The summed E-state index contributed by atoms with van der Waals surface area (Å²) in [7, 11) is 1.96. The molecule has 0 radical (unpaired) electrons. The standard InChI is InChI=1S/C15H22BrClN2O/c1-3-6-19-7-8-20-14(10-18-2)15(19)12-9-11(17)4-5-13(12)16/h4-5,9,14-15,18H,3,6-8,10H2,1-2H3. The van der Waals surface area contributed by atoms with Crippen molar-refractivity contribution in [3.05, 3.63) is 33.3 Å². The van der Waals surface area contributed by atoms with E-state index in [0.29, 0.717) is 0 Å². The number of halogens is 2. The molecule has 0 spiro atoms. The quantitative estimate of drug-likeness (QED) is 0.869. The third-order valence-corrected chi connectivity index (χ3v) is 4.61. The van der Waals surface area contributed by atoms with Crippen LogP contribution in [0.25, 0.3) is 0 Å². The van der Waals surface area contributed by atoms with E-state index in [-0.39, 0.29) is 12.1 Å². The second kappa shape index (κ2) is 7.76. The van der Waals surface area contributed by atoms with Crippen molar-refractivity contribution in [1.82, 2.24) is 10.2 Å². The molecule has 1 aliphatic heterocycles. The molecule has 20 heavy (non-hydrogen) atoms. The molecule has 5 heteroatoms. The topological polar surface area (TPSA) is 24.5 Å². The van der Waals surface area contributed by atoms with Gasteiger partial charge >= 0.3 is 0 Å². The fraction of sp³-hybridized carbons (Fsp3) is 0.600. The minimum Gasteiger partial charge on any atom is -0.374 e. The molecule has 0 bridgehead atoms. The van der Waals surface area contributed by atoms with E-state index < -0.39 is 0 Å². The average molecular weight is 362 g/mol. The van der Waals surface area contributed by atoms with E-state index in [9.17, 15) is 0 Å². The lowest BCUT2D eigenvalue weighted by Crippen LogP contribution is -2.49. The zero-order chi connectivity index (χ0) is 14.5. The van der Waals surface area contributed by atoms with Gasteiger partial charge in [0.15, 0.2) is 0 Å². The number of benzene rings is 1. The number of hydrogen-bond donors (Lipinski definition) is 1. The molecule has 1 saturated heterocycles. The lowest BCUT2D eigenvalue weighted by Gasteiger charge is -2.42. The van der Waals surface area contributed by atoms with Gasteiger partial charge in [0.1, 0.15) is 0 Å². The van der Waals surface area contributed by atoms with E-state index >= 15 is 0 Å². The summed E-state index contributed by atoms with van der Waals surface area (Å²) in [4.78, 5) is 2.50. The number of hydrogen-bond acceptors (Lipinski definition) is 3. The van der Waals surface area contributed by atoms with E-state index in [2.05, 4.69) is 39.1 Å². The number of nitrogens with one attached hydrogen (secondary N) is 1. The van der Waals surface area contributed by atoms with Gasteiger partial charge in [-0.25, -0.2) is 0 Å². The fourth-order valence-corrected chi connectivity index (χ4v) is 3.50. The molecule has 1 N–H and O–H groups in total. The summed E-state index contributed by atoms with van der Waals surface area (Å²) in [5.74, 6) is 0. The van der Waals surface area contributed by atoms with Crippen LogP contribution in [0.4, 0.5) is 0 Å². The molecule has 1 aromatic rings. The Balaban J connectivity index is 2.34. The predicted molar refractivity (Wildman–Crippen MR) is 87.4 cm³/mol. The van der Waals surface area contributed by atoms with E-state index in [1.807, 2.05) is 19.2 Å². The highest BCUT2D eigenvalue weighted by Crippen LogP contribution is 2.35. The van der Waals surface area contributed by atoms with Gasteiger partial charge < -0.3 is 10.1 Å². The van der Waals surface area contributed by atoms with Crippen LogP contribution in [0.5, 0.6) is 0 Å². The third-order valence-electron chi connectivity index (χ3n) is 3.65. The number of ether oxygens (including phenoxy) is 1. The third kappa shape index (κ3) is 3.74. The summed E-state index contributed by atoms with van der Waals surface area (Å²) < 4.78 is 7.09. The maximum atomic E-state index is 6.19. The first-order chi connectivity index (χ1) is 9.67. The Bertz CT molecular complexity index is 426. The first kappa shape index (κ1) is 16.2. The molecule has 1 heterocycles. The van der Waals surface area contributed by atoms with Crippen LogP contribution in [-0.2, 0) is 4.74 Å². The van der Waals surface area contributed by atoms with Crippen LogP contribution in [-0.4, -0.2) is 44.3 Å². The van der Waals surface area contributed by atoms with Gasteiger partial charge in [-0.3, -0.25) is 4.90 Å². The van der Waals surface area contributed by atoms with E-state index in [4.69, 9.17) is 16.3 Å². The monoisotopic (exact) mass is 360 g/mol. The van der Waals surface area contributed by atoms with Gasteiger partial charge in [-0.2, -0.15) is 0 Å². The number of nitrogens with zero attached hydrogens (tertiary/aromatic N) is 1. The van der Waals surface area contributed by atoms with E-state index in [1.165, 1.54) is 5.56 Å². The largest absolute Gasteiger partial charge is 0.374 e. The van der Waals surface area contributed by atoms with Gasteiger partial charge in [0.25, 0.3) is 0 Å². The SMILES string of the molecule is CCCN1CCOC(CNC)C1c1cc(Cl)ccc1Br. The second-order valence-electron chi connectivity index (χ2n) is 5.11. The maximum absolute atomic E-state index is 6.19. The van der Waals surface area contributed by atoms with Crippen LogP contribution >= 0.6 is 27.5 Å². The first-order valence-corrected chi connectivity index (χ1v) is 8.29. The number of likely N-dealkylation sites (N-methyl/N-ethyl adjacent to an activating group) is 1. The second-order valence-corrected chi connectivity index (χ2v) is 6.40. The van der Waals surface area contributed by atoms with Gasteiger partial charge in [0.05, 0.1) is 18.8 Å². The Kier molecular flexibility index (Phi) is 6.30. The highest BCUT2D eigenvalue weighted by atomic mass is 79.9. The molecule has 1 aromatic carbocycles. The first-order valence-electron chi connectivity index (χ1n) is 7.12.